The van der Waals surface area contributed by atoms with Gasteiger partial charge in [0, 0.05) is 12.8 Å². The molecule has 1 atom stereocenters. The van der Waals surface area contributed by atoms with Crippen LogP contribution in [0.15, 0.2) is 48.8 Å². The van der Waals surface area contributed by atoms with E-state index in [1.807, 2.05) is 17.0 Å². The first kappa shape index (κ1) is 25.4. The molecule has 1 aromatic heterocycles. The lowest BCUT2D eigenvalue weighted by Gasteiger charge is -2.50. The Morgan fingerprint density at radius 1 is 1.24 bits per heavy atom. The van der Waals surface area contributed by atoms with Crippen LogP contribution in [0, 0.1) is 11.7 Å². The van der Waals surface area contributed by atoms with Gasteiger partial charge in [0.1, 0.15) is 17.2 Å². The number of amides is 1. The molecule has 1 aromatic carbocycles. The van der Waals surface area contributed by atoms with E-state index in [1.165, 1.54) is 12.1 Å². The van der Waals surface area contributed by atoms with Gasteiger partial charge in [-0.2, -0.15) is 13.2 Å². The predicted molar refractivity (Wildman–Crippen MR) is 112 cm³/mol. The molecule has 2 aromatic rings. The Morgan fingerprint density at radius 2 is 1.97 bits per heavy atom. The van der Waals surface area contributed by atoms with Crippen LogP contribution in [0.25, 0.3) is 0 Å². The predicted octanol–water partition coefficient (Wildman–Crippen LogP) is 3.48. The van der Waals surface area contributed by atoms with Gasteiger partial charge in [-0.3, -0.25) is 9.78 Å². The number of benzene rings is 1. The summed E-state index contributed by atoms with van der Waals surface area (Å²) in [5.41, 5.74) is 0.463. The summed E-state index contributed by atoms with van der Waals surface area (Å²) in [5.74, 6) is -1.90. The number of rotatable bonds is 6. The Hall–Kier alpha value is -3.21. The topological polar surface area (TPSA) is 89.0 Å². The molecule has 1 amide bonds. The molecule has 2 aliphatic rings. The second-order valence-corrected chi connectivity index (χ2v) is 8.08. The maximum Gasteiger partial charge on any atom is 0.490 e. The highest BCUT2D eigenvalue weighted by Gasteiger charge is 2.54. The average Bonchev–Trinajstić information content (AvgIpc) is 3.17. The van der Waals surface area contributed by atoms with Crippen LogP contribution in [0.5, 0.6) is 5.75 Å². The molecule has 0 saturated carbocycles. The molecule has 3 heterocycles. The summed E-state index contributed by atoms with van der Waals surface area (Å²) in [4.78, 5) is 27.2. The highest BCUT2D eigenvalue weighted by atomic mass is 19.4. The first-order chi connectivity index (χ1) is 16.1. The molecule has 4 rings (SSSR count). The molecule has 11 heteroatoms. The van der Waals surface area contributed by atoms with Crippen LogP contribution < -0.4 is 4.74 Å². The van der Waals surface area contributed by atoms with Gasteiger partial charge in [0.05, 0.1) is 32.3 Å². The van der Waals surface area contributed by atoms with E-state index in [0.717, 1.165) is 25.2 Å². The van der Waals surface area contributed by atoms with Crippen molar-refractivity contribution < 1.29 is 41.7 Å². The molecule has 184 valence electrons. The van der Waals surface area contributed by atoms with Gasteiger partial charge in [-0.05, 0) is 48.6 Å². The molecule has 0 aliphatic carbocycles. The maximum absolute atomic E-state index is 13.3. The van der Waals surface area contributed by atoms with E-state index in [1.54, 1.807) is 24.5 Å². The Bertz CT molecular complexity index is 981. The minimum absolute atomic E-state index is 0.0204. The molecule has 1 spiro atoms. The van der Waals surface area contributed by atoms with E-state index in [-0.39, 0.29) is 23.7 Å². The smallest absolute Gasteiger partial charge is 0.490 e. The third-order valence-electron chi connectivity index (χ3n) is 5.73. The number of pyridine rings is 1. The van der Waals surface area contributed by atoms with Crippen LogP contribution in [0.4, 0.5) is 17.6 Å². The van der Waals surface area contributed by atoms with E-state index in [2.05, 4.69) is 4.98 Å². The lowest BCUT2D eigenvalue weighted by Crippen LogP contribution is -2.66. The zero-order valence-electron chi connectivity index (χ0n) is 18.1. The number of aliphatic carboxylic acids is 1. The van der Waals surface area contributed by atoms with Gasteiger partial charge in [-0.25, -0.2) is 9.18 Å². The first-order valence-corrected chi connectivity index (χ1v) is 10.6. The van der Waals surface area contributed by atoms with Gasteiger partial charge in [0.25, 0.3) is 0 Å². The standard InChI is InChI=1S/C21H23FN2O3.C2HF3O2/c22-18-4-1-3-16(11-18)12-20(25)24-14-21(15-24)17(7-10-27-21)6-9-26-19-5-2-8-23-13-19;3-2(4,5)1(6)7/h1-5,8,11,13,17H,6-7,9-10,12,14-15H2;(H,6,7). The number of halogens is 4. The summed E-state index contributed by atoms with van der Waals surface area (Å²) in [6.07, 6.45) is 0.444. The van der Waals surface area contributed by atoms with Crippen molar-refractivity contribution in [1.29, 1.82) is 0 Å². The lowest BCUT2D eigenvalue weighted by molar-refractivity contribution is -0.192. The number of hydrogen-bond donors (Lipinski definition) is 1. The largest absolute Gasteiger partial charge is 0.492 e. The van der Waals surface area contributed by atoms with Crippen molar-refractivity contribution in [3.63, 3.8) is 0 Å². The second kappa shape index (κ2) is 10.8. The number of hydrogen-bond acceptors (Lipinski definition) is 5. The minimum atomic E-state index is -5.08. The third-order valence-corrected chi connectivity index (χ3v) is 5.73. The van der Waals surface area contributed by atoms with E-state index in [4.69, 9.17) is 19.4 Å². The van der Waals surface area contributed by atoms with Crippen LogP contribution in [-0.2, 0) is 20.7 Å². The Balaban J connectivity index is 0.000000406. The summed E-state index contributed by atoms with van der Waals surface area (Å²) in [5, 5.41) is 7.12. The van der Waals surface area contributed by atoms with E-state index in [9.17, 15) is 22.4 Å². The van der Waals surface area contributed by atoms with Gasteiger partial charge in [0.2, 0.25) is 5.91 Å². The zero-order valence-corrected chi connectivity index (χ0v) is 18.1. The zero-order chi connectivity index (χ0) is 24.8. The average molecular weight is 484 g/mol. The van der Waals surface area contributed by atoms with Crippen molar-refractivity contribution in [3.05, 3.63) is 60.2 Å². The molecule has 1 N–H and O–H groups in total. The van der Waals surface area contributed by atoms with Crippen molar-refractivity contribution in [2.75, 3.05) is 26.3 Å². The first-order valence-electron chi connectivity index (χ1n) is 10.6. The normalized spacial score (nSPS) is 18.6. The van der Waals surface area contributed by atoms with Crippen molar-refractivity contribution >= 4 is 11.9 Å². The summed E-state index contributed by atoms with van der Waals surface area (Å²) < 4.78 is 56.8. The number of nitrogens with zero attached hydrogens (tertiary/aromatic N) is 2. The summed E-state index contributed by atoms with van der Waals surface area (Å²) >= 11 is 0. The van der Waals surface area contributed by atoms with Crippen LogP contribution in [0.3, 0.4) is 0 Å². The molecule has 2 aliphatic heterocycles. The molecule has 34 heavy (non-hydrogen) atoms. The quantitative estimate of drug-likeness (QED) is 0.632. The number of alkyl halides is 3. The SMILES string of the molecule is O=C(Cc1cccc(F)c1)N1CC2(C1)OCCC2CCOc1cccnc1.O=C(O)C(F)(F)F. The molecule has 0 radical (unpaired) electrons. The van der Waals surface area contributed by atoms with E-state index < -0.39 is 12.1 Å². The van der Waals surface area contributed by atoms with Gasteiger partial charge < -0.3 is 19.5 Å². The maximum atomic E-state index is 13.3. The van der Waals surface area contributed by atoms with Gasteiger partial charge in [0.15, 0.2) is 0 Å². The second-order valence-electron chi connectivity index (χ2n) is 8.08. The fraction of sp³-hybridized carbons (Fsp3) is 0.435. The molecule has 7 nitrogen and oxygen atoms in total. The Labute approximate surface area is 193 Å². The molecule has 2 fully saturated rings. The molecule has 1 unspecified atom stereocenters. The molecular weight excluding hydrogens is 460 g/mol. The highest BCUT2D eigenvalue weighted by molar-refractivity contribution is 5.80. The van der Waals surface area contributed by atoms with E-state index in [0.29, 0.717) is 31.2 Å². The highest BCUT2D eigenvalue weighted by Crippen LogP contribution is 2.41. The van der Waals surface area contributed by atoms with Crippen LogP contribution in [0.1, 0.15) is 18.4 Å². The number of carbonyl (C=O) groups is 2. The number of carbonyl (C=O) groups excluding carboxylic acids is 1. The van der Waals surface area contributed by atoms with Gasteiger partial charge >= 0.3 is 12.1 Å². The van der Waals surface area contributed by atoms with Gasteiger partial charge in [-0.1, -0.05) is 12.1 Å². The van der Waals surface area contributed by atoms with Crippen LogP contribution in [-0.4, -0.2) is 64.9 Å². The number of ether oxygens (including phenoxy) is 2. The minimum Gasteiger partial charge on any atom is -0.492 e. The molecular formula is C23H24F4N2O5. The van der Waals surface area contributed by atoms with E-state index >= 15 is 0 Å². The third kappa shape index (κ3) is 6.66. The molecule has 0 bridgehead atoms. The number of aromatic nitrogens is 1. The lowest BCUT2D eigenvalue weighted by atomic mass is 9.79. The number of carboxylic acid groups (broad SMARTS) is 1. The van der Waals surface area contributed by atoms with Crippen molar-refractivity contribution in [2.45, 2.75) is 31.0 Å². The monoisotopic (exact) mass is 484 g/mol. The van der Waals surface area contributed by atoms with Crippen molar-refractivity contribution in [1.82, 2.24) is 9.88 Å². The van der Waals surface area contributed by atoms with Gasteiger partial charge in [-0.15, -0.1) is 0 Å². The fourth-order valence-electron chi connectivity index (χ4n) is 4.00. The Morgan fingerprint density at radius 3 is 2.59 bits per heavy atom. The summed E-state index contributed by atoms with van der Waals surface area (Å²) in [6, 6.07) is 9.96. The van der Waals surface area contributed by atoms with Crippen molar-refractivity contribution in [3.8, 4) is 5.75 Å². The fourth-order valence-corrected chi connectivity index (χ4v) is 4.00. The molecule has 2 saturated heterocycles. The van der Waals surface area contributed by atoms with Crippen LogP contribution in [0.2, 0.25) is 0 Å². The Kier molecular flexibility index (Phi) is 8.08. The summed E-state index contributed by atoms with van der Waals surface area (Å²) in [6.45, 7) is 2.56. The van der Waals surface area contributed by atoms with Crippen LogP contribution >= 0.6 is 0 Å². The van der Waals surface area contributed by atoms with Crippen molar-refractivity contribution in [2.24, 2.45) is 5.92 Å². The number of likely N-dealkylation sites (tertiary alicyclic amines) is 1. The number of carboxylic acids is 1. The summed E-state index contributed by atoms with van der Waals surface area (Å²) in [7, 11) is 0.